The third kappa shape index (κ3) is 5.00. The fourth-order valence-corrected chi connectivity index (χ4v) is 4.07. The van der Waals surface area contributed by atoms with Crippen molar-refractivity contribution in [2.24, 2.45) is 0 Å². The number of rotatable bonds is 1. The summed E-state index contributed by atoms with van der Waals surface area (Å²) in [6.07, 6.45) is 5.68. The summed E-state index contributed by atoms with van der Waals surface area (Å²) in [4.78, 5) is 13.2. The fourth-order valence-electron chi connectivity index (χ4n) is 4.07. The monoisotopic (exact) mass is 399 g/mol. The lowest BCUT2D eigenvalue weighted by Crippen LogP contribution is -2.32. The van der Waals surface area contributed by atoms with E-state index < -0.39 is 0 Å². The number of fused-ring (bicyclic) bond motifs is 10. The van der Waals surface area contributed by atoms with Crippen LogP contribution in [0.3, 0.4) is 0 Å². The molecular weight excluding hydrogens is 370 g/mol. The Morgan fingerprint density at radius 3 is 2.10 bits per heavy atom. The van der Waals surface area contributed by atoms with Gasteiger partial charge >= 0.3 is 0 Å². The van der Waals surface area contributed by atoms with Crippen molar-refractivity contribution in [2.75, 3.05) is 26.4 Å². The van der Waals surface area contributed by atoms with Crippen LogP contribution >= 0.6 is 0 Å². The highest BCUT2D eigenvalue weighted by molar-refractivity contribution is 5.39. The molecule has 29 heavy (non-hydrogen) atoms. The van der Waals surface area contributed by atoms with Crippen LogP contribution in [0.5, 0.6) is 11.5 Å². The van der Waals surface area contributed by atoms with Gasteiger partial charge in [0, 0.05) is 17.3 Å². The molecular formula is C23H29NO5. The molecule has 1 aromatic carbocycles. The maximum Gasteiger partial charge on any atom is 0.256 e. The number of aromatic nitrogens is 1. The Balaban J connectivity index is 1.54. The number of hydrogen-bond donors (Lipinski definition) is 0. The van der Waals surface area contributed by atoms with E-state index in [-0.39, 0.29) is 18.2 Å². The summed E-state index contributed by atoms with van der Waals surface area (Å²) in [5.74, 6) is 1.39. The van der Waals surface area contributed by atoms with Gasteiger partial charge in [0.15, 0.2) is 11.5 Å². The summed E-state index contributed by atoms with van der Waals surface area (Å²) < 4.78 is 25.2. The summed E-state index contributed by atoms with van der Waals surface area (Å²) in [6, 6.07) is 11.7. The summed E-state index contributed by atoms with van der Waals surface area (Å²) in [7, 11) is 0. The summed E-state index contributed by atoms with van der Waals surface area (Å²) in [5.41, 5.74) is 1.67. The quantitative estimate of drug-likeness (QED) is 0.729. The highest BCUT2D eigenvalue weighted by Gasteiger charge is 2.20. The van der Waals surface area contributed by atoms with Crippen LogP contribution in [0.2, 0.25) is 0 Å². The number of benzene rings is 1. The number of nitrogens with zero attached hydrogens (tertiary/aromatic N) is 1. The second kappa shape index (κ2) is 9.94. The van der Waals surface area contributed by atoms with Crippen molar-refractivity contribution in [3.63, 3.8) is 0 Å². The first-order valence-corrected chi connectivity index (χ1v) is 10.6. The highest BCUT2D eigenvalue weighted by Crippen LogP contribution is 2.29. The molecule has 156 valence electrons. The van der Waals surface area contributed by atoms with Gasteiger partial charge in [0.2, 0.25) is 0 Å². The molecule has 2 aliphatic heterocycles. The average molecular weight is 399 g/mol. The lowest BCUT2D eigenvalue weighted by atomic mass is 9.94. The normalized spacial score (nSPS) is 19.2. The molecule has 0 spiro atoms. The first-order chi connectivity index (χ1) is 14.3. The van der Waals surface area contributed by atoms with Gasteiger partial charge in [-0.1, -0.05) is 31.4 Å². The Morgan fingerprint density at radius 2 is 1.41 bits per heavy atom. The molecule has 0 radical (unpaired) electrons. The molecule has 3 heterocycles. The van der Waals surface area contributed by atoms with Gasteiger partial charge < -0.3 is 23.5 Å². The van der Waals surface area contributed by atoms with E-state index in [4.69, 9.17) is 18.9 Å². The molecule has 6 heteroatoms. The second-order valence-corrected chi connectivity index (χ2v) is 7.57. The van der Waals surface area contributed by atoms with Crippen molar-refractivity contribution in [3.05, 3.63) is 58.0 Å². The molecule has 1 aromatic heterocycles. The average Bonchev–Trinajstić information content (AvgIpc) is 2.75. The van der Waals surface area contributed by atoms with Gasteiger partial charge in [-0.3, -0.25) is 4.79 Å². The van der Waals surface area contributed by atoms with Crippen LogP contribution in [-0.2, 0) is 22.7 Å². The van der Waals surface area contributed by atoms with Crippen molar-refractivity contribution in [2.45, 2.75) is 51.4 Å². The number of pyridine rings is 1. The standard InChI is InChI=1S/C23H29NO5/c25-23-18-10-11-20(24(23)19-6-2-1-3-7-19)17-27-13-15-29-22-9-5-4-8-21(22)28-14-12-26-16-18/h4-5,8-11,19H,1-3,6-7,12-17H2. The molecule has 5 rings (SSSR count). The first kappa shape index (κ1) is 20.0. The van der Waals surface area contributed by atoms with Crippen LogP contribution in [0.25, 0.3) is 0 Å². The molecule has 0 saturated heterocycles. The number of ether oxygens (including phenoxy) is 4. The van der Waals surface area contributed by atoms with Crippen LogP contribution in [0, 0.1) is 0 Å². The zero-order valence-electron chi connectivity index (χ0n) is 16.8. The molecule has 1 aliphatic carbocycles. The Labute approximate surface area is 171 Å². The van der Waals surface area contributed by atoms with E-state index in [1.165, 1.54) is 19.3 Å². The van der Waals surface area contributed by atoms with Crippen LogP contribution in [0.4, 0.5) is 0 Å². The third-order valence-corrected chi connectivity index (χ3v) is 5.55. The molecule has 0 amide bonds. The van der Waals surface area contributed by atoms with Gasteiger partial charge in [-0.15, -0.1) is 0 Å². The molecule has 0 atom stereocenters. The minimum atomic E-state index is 0.0487. The van der Waals surface area contributed by atoms with Gasteiger partial charge in [-0.2, -0.15) is 0 Å². The SMILES string of the molecule is O=c1c2ccc(n1C1CCCCC1)COCCOc1ccccc1OCCOC2. The predicted octanol–water partition coefficient (Wildman–Crippen LogP) is 3.86. The van der Waals surface area contributed by atoms with Crippen molar-refractivity contribution in [1.29, 1.82) is 0 Å². The highest BCUT2D eigenvalue weighted by atomic mass is 16.6. The van der Waals surface area contributed by atoms with Gasteiger partial charge in [0.1, 0.15) is 13.2 Å². The Kier molecular flexibility index (Phi) is 6.85. The lowest BCUT2D eigenvalue weighted by Gasteiger charge is -2.27. The van der Waals surface area contributed by atoms with E-state index in [1.54, 1.807) is 0 Å². The fraction of sp³-hybridized carbons (Fsp3) is 0.522. The summed E-state index contributed by atoms with van der Waals surface area (Å²) in [6.45, 7) is 2.34. The number of hydrogen-bond acceptors (Lipinski definition) is 5. The molecule has 6 nitrogen and oxygen atoms in total. The Bertz CT molecular complexity index is 857. The van der Waals surface area contributed by atoms with Crippen molar-refractivity contribution in [1.82, 2.24) is 4.57 Å². The predicted molar refractivity (Wildman–Crippen MR) is 110 cm³/mol. The van der Waals surface area contributed by atoms with Crippen LogP contribution < -0.4 is 15.0 Å². The molecule has 2 bridgehead atoms. The van der Waals surface area contributed by atoms with E-state index in [0.717, 1.165) is 18.5 Å². The van der Waals surface area contributed by atoms with Crippen molar-refractivity contribution >= 4 is 0 Å². The lowest BCUT2D eigenvalue weighted by molar-refractivity contribution is 0.0740. The first-order valence-electron chi connectivity index (χ1n) is 10.6. The second-order valence-electron chi connectivity index (χ2n) is 7.57. The topological polar surface area (TPSA) is 58.9 Å². The van der Waals surface area contributed by atoms with E-state index in [2.05, 4.69) is 0 Å². The van der Waals surface area contributed by atoms with E-state index in [9.17, 15) is 4.79 Å². The Morgan fingerprint density at radius 1 is 0.759 bits per heavy atom. The third-order valence-electron chi connectivity index (χ3n) is 5.55. The molecule has 2 aromatic rings. The molecule has 0 unspecified atom stereocenters. The minimum Gasteiger partial charge on any atom is -0.487 e. The van der Waals surface area contributed by atoms with Crippen molar-refractivity contribution < 1.29 is 18.9 Å². The maximum absolute atomic E-state index is 13.2. The molecule has 0 N–H and O–H groups in total. The van der Waals surface area contributed by atoms with Gasteiger partial charge in [0.05, 0.1) is 26.4 Å². The minimum absolute atomic E-state index is 0.0487. The van der Waals surface area contributed by atoms with Gasteiger partial charge in [-0.25, -0.2) is 0 Å². The molecule has 3 aliphatic rings. The Hall–Kier alpha value is -2.31. The summed E-state index contributed by atoms with van der Waals surface area (Å²) >= 11 is 0. The summed E-state index contributed by atoms with van der Waals surface area (Å²) in [5, 5.41) is 0. The zero-order valence-corrected chi connectivity index (χ0v) is 16.8. The largest absolute Gasteiger partial charge is 0.487 e. The molecule has 1 saturated carbocycles. The van der Waals surface area contributed by atoms with Crippen LogP contribution in [0.1, 0.15) is 49.4 Å². The van der Waals surface area contributed by atoms with Gasteiger partial charge in [-0.05, 0) is 37.1 Å². The van der Waals surface area contributed by atoms with E-state index in [0.29, 0.717) is 50.1 Å². The van der Waals surface area contributed by atoms with E-state index >= 15 is 0 Å². The van der Waals surface area contributed by atoms with Crippen LogP contribution in [-0.4, -0.2) is 31.0 Å². The van der Waals surface area contributed by atoms with Gasteiger partial charge in [0.25, 0.3) is 5.56 Å². The number of para-hydroxylation sites is 2. The van der Waals surface area contributed by atoms with Crippen LogP contribution in [0.15, 0.2) is 41.2 Å². The zero-order chi connectivity index (χ0) is 19.9. The smallest absolute Gasteiger partial charge is 0.256 e. The maximum atomic E-state index is 13.2. The van der Waals surface area contributed by atoms with Crippen molar-refractivity contribution in [3.8, 4) is 11.5 Å². The molecule has 1 fully saturated rings. The van der Waals surface area contributed by atoms with E-state index in [1.807, 2.05) is 41.0 Å².